The molecule has 0 aliphatic carbocycles. The van der Waals surface area contributed by atoms with Crippen molar-refractivity contribution in [2.75, 3.05) is 19.3 Å². The zero-order chi connectivity index (χ0) is 10.7. The highest BCUT2D eigenvalue weighted by atomic mass is 19.1. The molecule has 2 N–H and O–H groups in total. The molecule has 0 heterocycles. The second-order valence-electron chi connectivity index (χ2n) is 3.53. The van der Waals surface area contributed by atoms with Gasteiger partial charge in [-0.05, 0) is 38.2 Å². The molecule has 2 nitrogen and oxygen atoms in total. The zero-order valence-electron chi connectivity index (χ0n) is 8.92. The normalized spacial score (nSPS) is 13.2. The molecule has 0 radical (unpaired) electrons. The van der Waals surface area contributed by atoms with Crippen LogP contribution in [0.5, 0.6) is 0 Å². The van der Waals surface area contributed by atoms with Gasteiger partial charge in [-0.15, -0.1) is 0 Å². The Bertz CT molecular complexity index is 312. The highest BCUT2D eigenvalue weighted by Crippen LogP contribution is 2.21. The van der Waals surface area contributed by atoms with Gasteiger partial charge in [0.25, 0.3) is 0 Å². The lowest BCUT2D eigenvalue weighted by Gasteiger charge is -2.23. The van der Waals surface area contributed by atoms with Gasteiger partial charge in [0, 0.05) is 6.04 Å². The number of benzene rings is 1. The van der Waals surface area contributed by atoms with E-state index in [1.807, 2.05) is 13.1 Å². The summed E-state index contributed by atoms with van der Waals surface area (Å²) >= 11 is 0. The Balaban J connectivity index is 2.91. The van der Waals surface area contributed by atoms with E-state index in [0.717, 1.165) is 12.1 Å². The Morgan fingerprint density at radius 3 is 2.64 bits per heavy atom. The van der Waals surface area contributed by atoms with E-state index in [9.17, 15) is 4.39 Å². The molecule has 0 fully saturated rings. The van der Waals surface area contributed by atoms with Gasteiger partial charge in [-0.25, -0.2) is 4.39 Å². The number of hydrogen-bond acceptors (Lipinski definition) is 2. The molecule has 0 aliphatic heterocycles. The van der Waals surface area contributed by atoms with Crippen molar-refractivity contribution in [1.29, 1.82) is 0 Å². The van der Waals surface area contributed by atoms with Crippen molar-refractivity contribution in [2.45, 2.75) is 19.9 Å². The van der Waals surface area contributed by atoms with Crippen LogP contribution in [-0.2, 0) is 0 Å². The number of hydrogen-bond donors (Lipinski definition) is 1. The van der Waals surface area contributed by atoms with Gasteiger partial charge in [0.05, 0.1) is 5.69 Å². The minimum atomic E-state index is -0.334. The molecule has 14 heavy (non-hydrogen) atoms. The van der Waals surface area contributed by atoms with Crippen molar-refractivity contribution >= 4 is 5.69 Å². The van der Waals surface area contributed by atoms with Crippen LogP contribution in [0, 0.1) is 5.82 Å². The molecule has 0 spiro atoms. The topological polar surface area (TPSA) is 29.3 Å². The molecule has 0 saturated carbocycles. The van der Waals surface area contributed by atoms with Gasteiger partial charge in [0.1, 0.15) is 5.82 Å². The lowest BCUT2D eigenvalue weighted by atomic mass is 10.1. The summed E-state index contributed by atoms with van der Waals surface area (Å²) in [6.45, 7) is 5.06. The van der Waals surface area contributed by atoms with Crippen molar-refractivity contribution < 1.29 is 4.39 Å². The summed E-state index contributed by atoms with van der Waals surface area (Å²) in [6, 6.07) is 5.21. The van der Waals surface area contributed by atoms with E-state index in [1.54, 1.807) is 6.07 Å². The molecule has 0 bridgehead atoms. The van der Waals surface area contributed by atoms with Gasteiger partial charge in [0.2, 0.25) is 0 Å². The fourth-order valence-corrected chi connectivity index (χ4v) is 1.33. The van der Waals surface area contributed by atoms with E-state index in [-0.39, 0.29) is 17.5 Å². The maximum Gasteiger partial charge on any atom is 0.146 e. The van der Waals surface area contributed by atoms with Crippen molar-refractivity contribution in [3.05, 3.63) is 29.6 Å². The maximum absolute atomic E-state index is 13.2. The highest BCUT2D eigenvalue weighted by molar-refractivity contribution is 5.41. The molecule has 78 valence electrons. The molecule has 3 heteroatoms. The minimum Gasteiger partial charge on any atom is -0.396 e. The molecule has 0 aromatic heterocycles. The Labute approximate surface area is 84.5 Å². The van der Waals surface area contributed by atoms with E-state index in [2.05, 4.69) is 18.7 Å². The third kappa shape index (κ3) is 2.23. The van der Waals surface area contributed by atoms with Gasteiger partial charge in [-0.2, -0.15) is 0 Å². The van der Waals surface area contributed by atoms with Crippen LogP contribution in [0.2, 0.25) is 0 Å². The standard InChI is InChI=1S/C11H17FN2/c1-4-14(3)8(2)9-5-6-11(13)10(12)7-9/h5-8H,4,13H2,1-3H3. The van der Waals surface area contributed by atoms with Crippen LogP contribution in [0.15, 0.2) is 18.2 Å². The van der Waals surface area contributed by atoms with E-state index in [4.69, 9.17) is 5.73 Å². The molecule has 1 atom stereocenters. The third-order valence-electron chi connectivity index (χ3n) is 2.67. The lowest BCUT2D eigenvalue weighted by molar-refractivity contribution is 0.275. The Hall–Kier alpha value is -1.09. The first kappa shape index (κ1) is 11.0. The summed E-state index contributed by atoms with van der Waals surface area (Å²) in [6.07, 6.45) is 0. The smallest absolute Gasteiger partial charge is 0.146 e. The molecule has 0 aliphatic rings. The van der Waals surface area contributed by atoms with E-state index < -0.39 is 0 Å². The predicted molar refractivity (Wildman–Crippen MR) is 57.5 cm³/mol. The van der Waals surface area contributed by atoms with Gasteiger partial charge in [-0.1, -0.05) is 13.0 Å². The van der Waals surface area contributed by atoms with Crippen molar-refractivity contribution in [3.8, 4) is 0 Å². The quantitative estimate of drug-likeness (QED) is 0.752. The summed E-state index contributed by atoms with van der Waals surface area (Å²) in [5.74, 6) is -0.334. The number of halogens is 1. The molecule has 1 rings (SSSR count). The SMILES string of the molecule is CCN(C)C(C)c1ccc(N)c(F)c1. The van der Waals surface area contributed by atoms with Gasteiger partial charge >= 0.3 is 0 Å². The average molecular weight is 196 g/mol. The first-order chi connectivity index (χ1) is 6.56. The molecule has 1 aromatic carbocycles. The highest BCUT2D eigenvalue weighted by Gasteiger charge is 2.11. The van der Waals surface area contributed by atoms with Crippen LogP contribution in [0.4, 0.5) is 10.1 Å². The van der Waals surface area contributed by atoms with Gasteiger partial charge in [-0.3, -0.25) is 4.90 Å². The predicted octanol–water partition coefficient (Wildman–Crippen LogP) is 2.42. The second-order valence-corrected chi connectivity index (χ2v) is 3.53. The Morgan fingerprint density at radius 2 is 2.14 bits per heavy atom. The molecule has 1 aromatic rings. The van der Waals surface area contributed by atoms with E-state index >= 15 is 0 Å². The largest absolute Gasteiger partial charge is 0.396 e. The summed E-state index contributed by atoms with van der Waals surface area (Å²) < 4.78 is 13.2. The molecular formula is C11H17FN2. The maximum atomic E-state index is 13.2. The average Bonchev–Trinajstić information content (AvgIpc) is 2.20. The van der Waals surface area contributed by atoms with Crippen LogP contribution >= 0.6 is 0 Å². The molecular weight excluding hydrogens is 179 g/mol. The number of nitrogens with two attached hydrogens (primary N) is 1. The Morgan fingerprint density at radius 1 is 1.50 bits per heavy atom. The second kappa shape index (κ2) is 4.42. The fourth-order valence-electron chi connectivity index (χ4n) is 1.33. The van der Waals surface area contributed by atoms with Crippen molar-refractivity contribution in [3.63, 3.8) is 0 Å². The van der Waals surface area contributed by atoms with Gasteiger partial charge < -0.3 is 5.73 Å². The number of nitrogens with zero attached hydrogens (tertiary/aromatic N) is 1. The number of rotatable bonds is 3. The molecule has 1 unspecified atom stereocenters. The zero-order valence-corrected chi connectivity index (χ0v) is 8.92. The van der Waals surface area contributed by atoms with Crippen molar-refractivity contribution in [1.82, 2.24) is 4.90 Å². The summed E-state index contributed by atoms with van der Waals surface area (Å²) in [5.41, 5.74) is 6.58. The minimum absolute atomic E-state index is 0.208. The van der Waals surface area contributed by atoms with E-state index in [1.165, 1.54) is 6.07 Å². The van der Waals surface area contributed by atoms with Crippen LogP contribution in [0.3, 0.4) is 0 Å². The molecule has 0 amide bonds. The van der Waals surface area contributed by atoms with Gasteiger partial charge in [0.15, 0.2) is 0 Å². The first-order valence-corrected chi connectivity index (χ1v) is 4.81. The third-order valence-corrected chi connectivity index (χ3v) is 2.67. The summed E-state index contributed by atoms with van der Waals surface area (Å²) in [5, 5.41) is 0. The monoisotopic (exact) mass is 196 g/mol. The fraction of sp³-hybridized carbons (Fsp3) is 0.455. The lowest BCUT2D eigenvalue weighted by Crippen LogP contribution is -2.21. The van der Waals surface area contributed by atoms with Crippen LogP contribution in [0.25, 0.3) is 0 Å². The Kier molecular flexibility index (Phi) is 3.47. The van der Waals surface area contributed by atoms with Crippen LogP contribution in [-0.4, -0.2) is 18.5 Å². The molecule has 0 saturated heterocycles. The summed E-state index contributed by atoms with van der Waals surface area (Å²) in [4.78, 5) is 2.14. The van der Waals surface area contributed by atoms with Crippen LogP contribution in [0.1, 0.15) is 25.5 Å². The first-order valence-electron chi connectivity index (χ1n) is 4.81. The number of nitrogen functional groups attached to an aromatic ring is 1. The summed E-state index contributed by atoms with van der Waals surface area (Å²) in [7, 11) is 2.01. The van der Waals surface area contributed by atoms with Crippen LogP contribution < -0.4 is 5.73 Å². The van der Waals surface area contributed by atoms with Crippen molar-refractivity contribution in [2.24, 2.45) is 0 Å². The van der Waals surface area contributed by atoms with E-state index in [0.29, 0.717) is 0 Å². The number of anilines is 1.